The van der Waals surface area contributed by atoms with Gasteiger partial charge in [-0.1, -0.05) is 36.4 Å². The lowest BCUT2D eigenvalue weighted by molar-refractivity contribution is -0.135. The molecule has 0 radical (unpaired) electrons. The molecule has 2 heterocycles. The van der Waals surface area contributed by atoms with Crippen molar-refractivity contribution in [2.75, 3.05) is 18.9 Å². The van der Waals surface area contributed by atoms with Crippen LogP contribution in [0.4, 0.5) is 15.3 Å². The Labute approximate surface area is 196 Å². The van der Waals surface area contributed by atoms with Gasteiger partial charge in [-0.15, -0.1) is 0 Å². The molecule has 0 saturated carbocycles. The number of fused-ring (bicyclic) bond motifs is 2. The number of imide groups is 1. The summed E-state index contributed by atoms with van der Waals surface area (Å²) in [6.45, 7) is 0.677. The minimum absolute atomic E-state index is 0.00579. The summed E-state index contributed by atoms with van der Waals surface area (Å²) in [5.74, 6) is -0.875. The Bertz CT molecular complexity index is 1170. The van der Waals surface area contributed by atoms with Gasteiger partial charge in [0, 0.05) is 37.7 Å². The zero-order chi connectivity index (χ0) is 23.9. The molecule has 1 unspecified atom stereocenters. The van der Waals surface area contributed by atoms with Crippen molar-refractivity contribution in [2.24, 2.45) is 0 Å². The van der Waals surface area contributed by atoms with Crippen LogP contribution in [0, 0.1) is 0 Å². The maximum Gasteiger partial charge on any atom is 0.415 e. The molecule has 1 spiro atoms. The average molecular weight is 463 g/mol. The van der Waals surface area contributed by atoms with Crippen molar-refractivity contribution >= 4 is 29.6 Å². The number of nitrogens with zero attached hydrogens (tertiary/aromatic N) is 1. The number of nitrogens with one attached hydrogen (secondary N) is 3. The van der Waals surface area contributed by atoms with Crippen LogP contribution in [0.2, 0.25) is 0 Å². The van der Waals surface area contributed by atoms with Gasteiger partial charge in [0.25, 0.3) is 5.91 Å². The molecule has 3 atom stereocenters. The van der Waals surface area contributed by atoms with Gasteiger partial charge in [-0.25, -0.2) is 9.59 Å². The van der Waals surface area contributed by atoms with Crippen LogP contribution in [-0.2, 0) is 19.9 Å². The lowest BCUT2D eigenvalue weighted by Crippen LogP contribution is -2.35. The first-order valence-electron chi connectivity index (χ1n) is 11.4. The van der Waals surface area contributed by atoms with Crippen molar-refractivity contribution in [1.82, 2.24) is 15.5 Å². The molecule has 2 saturated heterocycles. The predicted octanol–water partition coefficient (Wildman–Crippen LogP) is 3.14. The Morgan fingerprint density at radius 1 is 1.18 bits per heavy atom. The number of anilines is 1. The molecular formula is C25H26N4O5. The number of carbonyl (C=O) groups excluding carboxylic acids is 4. The van der Waals surface area contributed by atoms with E-state index in [1.54, 1.807) is 18.2 Å². The number of amides is 5. The molecule has 5 amide bonds. The lowest BCUT2D eigenvalue weighted by Gasteiger charge is -2.27. The summed E-state index contributed by atoms with van der Waals surface area (Å²) in [6.07, 6.45) is 1.39. The molecule has 9 nitrogen and oxygen atoms in total. The van der Waals surface area contributed by atoms with Gasteiger partial charge in [-0.2, -0.15) is 0 Å². The summed E-state index contributed by atoms with van der Waals surface area (Å²) in [5, 5.41) is 7.45. The summed E-state index contributed by atoms with van der Waals surface area (Å²) in [6, 6.07) is 14.7. The molecule has 1 aliphatic carbocycles. The van der Waals surface area contributed by atoms with Crippen molar-refractivity contribution in [3.05, 3.63) is 65.2 Å². The second-order valence-corrected chi connectivity index (χ2v) is 8.94. The van der Waals surface area contributed by atoms with Gasteiger partial charge in [0.05, 0.1) is 6.04 Å². The highest BCUT2D eigenvalue weighted by atomic mass is 16.6. The van der Waals surface area contributed by atoms with E-state index in [4.69, 9.17) is 4.74 Å². The minimum Gasteiger partial charge on any atom is -0.427 e. The maximum absolute atomic E-state index is 13.5. The van der Waals surface area contributed by atoms with Crippen molar-refractivity contribution in [2.45, 2.75) is 43.2 Å². The van der Waals surface area contributed by atoms with E-state index in [9.17, 15) is 19.2 Å². The molecule has 2 aromatic rings. The number of alkyl carbamates (subject to hydrolysis) is 1. The molecule has 2 aromatic carbocycles. The third-order valence-electron chi connectivity index (χ3n) is 6.97. The monoisotopic (exact) mass is 462 g/mol. The fraction of sp³-hybridized carbons (Fsp3) is 0.360. The van der Waals surface area contributed by atoms with E-state index < -0.39 is 17.6 Å². The molecule has 0 bridgehead atoms. The van der Waals surface area contributed by atoms with E-state index in [-0.39, 0.29) is 36.7 Å². The Kier molecular flexibility index (Phi) is 5.47. The second kappa shape index (κ2) is 8.48. The first kappa shape index (κ1) is 21.9. The van der Waals surface area contributed by atoms with Gasteiger partial charge in [0.2, 0.25) is 11.5 Å². The normalized spacial score (nSPS) is 25.1. The Balaban J connectivity index is 1.44. The fourth-order valence-electron chi connectivity index (χ4n) is 5.44. The lowest BCUT2D eigenvalue weighted by atomic mass is 9.94. The van der Waals surface area contributed by atoms with E-state index in [1.165, 1.54) is 7.05 Å². The molecule has 34 heavy (non-hydrogen) atoms. The number of benzene rings is 2. The molecule has 5 rings (SSSR count). The highest BCUT2D eigenvalue weighted by Crippen LogP contribution is 2.51. The highest BCUT2D eigenvalue weighted by Gasteiger charge is 2.57. The van der Waals surface area contributed by atoms with Crippen LogP contribution in [0.3, 0.4) is 0 Å². The molecule has 2 fully saturated rings. The summed E-state index contributed by atoms with van der Waals surface area (Å²) in [5.41, 5.74) is 1.46. The summed E-state index contributed by atoms with van der Waals surface area (Å²) in [7, 11) is 1.51. The zero-order valence-electron chi connectivity index (χ0n) is 18.8. The smallest absolute Gasteiger partial charge is 0.415 e. The summed E-state index contributed by atoms with van der Waals surface area (Å²) < 4.78 is 5.49. The van der Waals surface area contributed by atoms with E-state index in [2.05, 4.69) is 16.0 Å². The van der Waals surface area contributed by atoms with Crippen LogP contribution >= 0.6 is 0 Å². The van der Waals surface area contributed by atoms with Gasteiger partial charge in [0.1, 0.15) is 0 Å². The third-order valence-corrected chi connectivity index (χ3v) is 6.97. The minimum atomic E-state index is -1.45. The molecule has 9 heteroatoms. The van der Waals surface area contributed by atoms with E-state index in [0.29, 0.717) is 17.8 Å². The number of likely N-dealkylation sites (tertiary alicyclic amines) is 1. The van der Waals surface area contributed by atoms with Crippen molar-refractivity contribution < 1.29 is 23.9 Å². The van der Waals surface area contributed by atoms with Gasteiger partial charge >= 0.3 is 12.1 Å². The van der Waals surface area contributed by atoms with Crippen LogP contribution in [0.15, 0.2) is 48.5 Å². The Morgan fingerprint density at radius 3 is 2.68 bits per heavy atom. The molecule has 2 aliphatic heterocycles. The van der Waals surface area contributed by atoms with Crippen molar-refractivity contribution in [3.63, 3.8) is 0 Å². The Morgan fingerprint density at radius 2 is 1.97 bits per heavy atom. The fourth-order valence-corrected chi connectivity index (χ4v) is 5.44. The van der Waals surface area contributed by atoms with Crippen molar-refractivity contribution in [1.29, 1.82) is 0 Å². The first-order valence-corrected chi connectivity index (χ1v) is 11.4. The molecule has 176 valence electrons. The van der Waals surface area contributed by atoms with Crippen LogP contribution in [0.5, 0.6) is 0 Å². The number of ether oxygens (including phenoxy) is 1. The SMILES string of the molecule is CNC(=O)Nc1ccc2c(c1)C(CC(=O)N1CCC[C@@H]1c1ccccc1)C[C@]21OC(=O)NC1=O. The van der Waals surface area contributed by atoms with E-state index in [1.807, 2.05) is 35.2 Å². The second-order valence-electron chi connectivity index (χ2n) is 8.94. The topological polar surface area (TPSA) is 117 Å². The number of carbonyl (C=O) groups is 4. The molecular weight excluding hydrogens is 436 g/mol. The molecule has 3 aliphatic rings. The van der Waals surface area contributed by atoms with Crippen LogP contribution < -0.4 is 16.0 Å². The number of urea groups is 1. The average Bonchev–Trinajstić information content (AvgIpc) is 3.51. The quantitative estimate of drug-likeness (QED) is 0.645. The van der Waals surface area contributed by atoms with Gasteiger partial charge < -0.3 is 20.3 Å². The third kappa shape index (κ3) is 3.67. The first-order chi connectivity index (χ1) is 16.4. The molecule has 3 N–H and O–H groups in total. The predicted molar refractivity (Wildman–Crippen MR) is 123 cm³/mol. The van der Waals surface area contributed by atoms with Crippen molar-refractivity contribution in [3.8, 4) is 0 Å². The van der Waals surface area contributed by atoms with Gasteiger partial charge in [-0.05, 0) is 42.0 Å². The van der Waals surface area contributed by atoms with Gasteiger partial charge in [-0.3, -0.25) is 14.9 Å². The summed E-state index contributed by atoms with van der Waals surface area (Å²) in [4.78, 5) is 51.9. The largest absolute Gasteiger partial charge is 0.427 e. The number of hydrogen-bond donors (Lipinski definition) is 3. The summed E-state index contributed by atoms with van der Waals surface area (Å²) >= 11 is 0. The Hall–Kier alpha value is -3.88. The van der Waals surface area contributed by atoms with Crippen LogP contribution in [-0.4, -0.2) is 42.4 Å². The number of rotatable bonds is 4. The highest BCUT2D eigenvalue weighted by molar-refractivity contribution is 6.04. The van der Waals surface area contributed by atoms with Crippen LogP contribution in [0.25, 0.3) is 0 Å². The standard InChI is InChI=1S/C25H26N4O5/c1-26-23(32)27-17-9-10-19-18(13-17)16(14-25(19)22(31)28-24(33)34-25)12-21(30)29-11-5-8-20(29)15-6-3-2-4-7-15/h2-4,6-7,9-10,13,16,20H,5,8,11-12,14H2,1H3,(H2,26,27,32)(H,28,31,33)/t16?,20-,25+/m1/s1. The van der Waals surface area contributed by atoms with Gasteiger partial charge in [0.15, 0.2) is 0 Å². The maximum atomic E-state index is 13.5. The zero-order valence-corrected chi connectivity index (χ0v) is 18.8. The molecule has 0 aromatic heterocycles. The number of hydrogen-bond acceptors (Lipinski definition) is 5. The van der Waals surface area contributed by atoms with E-state index in [0.717, 1.165) is 24.0 Å². The van der Waals surface area contributed by atoms with Crippen LogP contribution in [0.1, 0.15) is 54.3 Å². The van der Waals surface area contributed by atoms with E-state index >= 15 is 0 Å².